The average Bonchev–Trinajstić information content (AvgIpc) is 2.69. The van der Waals surface area contributed by atoms with Crippen LogP contribution in [0.5, 0.6) is 11.5 Å². The van der Waals surface area contributed by atoms with E-state index in [4.69, 9.17) is 21.1 Å². The van der Waals surface area contributed by atoms with Gasteiger partial charge in [-0.2, -0.15) is 0 Å². The predicted molar refractivity (Wildman–Crippen MR) is 104 cm³/mol. The maximum absolute atomic E-state index is 12.3. The summed E-state index contributed by atoms with van der Waals surface area (Å²) in [6, 6.07) is 12.8. The number of benzene rings is 2. The molecule has 2 aromatic carbocycles. The Hall–Kier alpha value is -2.53. The smallest absolute Gasteiger partial charge is 0.220 e. The summed E-state index contributed by atoms with van der Waals surface area (Å²) in [6.07, 6.45) is 1.92. The molecular formula is C21H22ClNO4. The van der Waals surface area contributed by atoms with Gasteiger partial charge in [0.15, 0.2) is 17.3 Å². The Bertz CT molecular complexity index is 804. The van der Waals surface area contributed by atoms with Crippen molar-refractivity contribution in [2.24, 2.45) is 0 Å². The van der Waals surface area contributed by atoms with E-state index in [2.05, 4.69) is 5.32 Å². The molecule has 0 spiro atoms. The van der Waals surface area contributed by atoms with Crippen molar-refractivity contribution >= 4 is 23.3 Å². The van der Waals surface area contributed by atoms with Gasteiger partial charge >= 0.3 is 0 Å². The third-order valence-corrected chi connectivity index (χ3v) is 4.57. The minimum Gasteiger partial charge on any atom is -0.486 e. The number of ether oxygens (including phenoxy) is 2. The largest absolute Gasteiger partial charge is 0.486 e. The van der Waals surface area contributed by atoms with Crippen molar-refractivity contribution in [1.29, 1.82) is 0 Å². The van der Waals surface area contributed by atoms with Crippen molar-refractivity contribution in [2.45, 2.75) is 25.7 Å². The molecule has 2 aromatic rings. The molecule has 0 bridgehead atoms. The summed E-state index contributed by atoms with van der Waals surface area (Å²) in [5.41, 5.74) is 1.70. The van der Waals surface area contributed by atoms with E-state index >= 15 is 0 Å². The number of amides is 1. The van der Waals surface area contributed by atoms with Gasteiger partial charge in [-0.15, -0.1) is 0 Å². The van der Waals surface area contributed by atoms with Crippen molar-refractivity contribution < 1.29 is 19.1 Å². The fourth-order valence-corrected chi connectivity index (χ4v) is 2.98. The Morgan fingerprint density at radius 3 is 2.48 bits per heavy atom. The molecule has 0 saturated carbocycles. The lowest BCUT2D eigenvalue weighted by Crippen LogP contribution is -2.25. The van der Waals surface area contributed by atoms with Crippen molar-refractivity contribution in [2.75, 3.05) is 19.8 Å². The first kappa shape index (κ1) is 19.2. The minimum atomic E-state index is -0.0427. The Labute approximate surface area is 163 Å². The number of carbonyl (C=O) groups excluding carboxylic acids is 2. The number of rotatable bonds is 8. The predicted octanol–water partition coefficient (Wildman–Crippen LogP) is 3.82. The molecule has 27 heavy (non-hydrogen) atoms. The number of ketones is 1. The van der Waals surface area contributed by atoms with Crippen LogP contribution >= 0.6 is 11.6 Å². The van der Waals surface area contributed by atoms with E-state index in [9.17, 15) is 9.59 Å². The van der Waals surface area contributed by atoms with Gasteiger partial charge in [0.25, 0.3) is 0 Å². The second-order valence-electron chi connectivity index (χ2n) is 6.36. The molecule has 0 aromatic heterocycles. The standard InChI is InChI=1S/C21H22ClNO4/c22-17-7-4-15(5-8-17)10-11-23-21(25)3-1-2-18(24)16-6-9-19-20(14-16)27-13-12-26-19/h4-9,14H,1-3,10-13H2,(H,23,25). The molecule has 0 fully saturated rings. The van der Waals surface area contributed by atoms with Gasteiger partial charge in [-0.25, -0.2) is 0 Å². The molecule has 1 N–H and O–H groups in total. The Morgan fingerprint density at radius 2 is 1.70 bits per heavy atom. The third-order valence-electron chi connectivity index (χ3n) is 4.32. The highest BCUT2D eigenvalue weighted by molar-refractivity contribution is 6.30. The zero-order valence-electron chi connectivity index (χ0n) is 15.0. The van der Waals surface area contributed by atoms with Crippen LogP contribution in [0.3, 0.4) is 0 Å². The molecule has 0 unspecified atom stereocenters. The van der Waals surface area contributed by atoms with Gasteiger partial charge in [-0.3, -0.25) is 9.59 Å². The number of carbonyl (C=O) groups is 2. The summed E-state index contributed by atoms with van der Waals surface area (Å²) in [5, 5.41) is 3.58. The molecule has 6 heteroatoms. The lowest BCUT2D eigenvalue weighted by Gasteiger charge is -2.18. The van der Waals surface area contributed by atoms with Crippen LogP contribution in [0.2, 0.25) is 5.02 Å². The molecule has 1 aliphatic rings. The average molecular weight is 388 g/mol. The summed E-state index contributed by atoms with van der Waals surface area (Å²) in [7, 11) is 0. The lowest BCUT2D eigenvalue weighted by molar-refractivity contribution is -0.121. The van der Waals surface area contributed by atoms with Gasteiger partial charge in [0, 0.05) is 30.0 Å². The highest BCUT2D eigenvalue weighted by Crippen LogP contribution is 2.31. The van der Waals surface area contributed by atoms with E-state index in [-0.39, 0.29) is 11.7 Å². The molecule has 5 nitrogen and oxygen atoms in total. The van der Waals surface area contributed by atoms with E-state index in [1.807, 2.05) is 24.3 Å². The van der Waals surface area contributed by atoms with Crippen LogP contribution in [0.25, 0.3) is 0 Å². The highest BCUT2D eigenvalue weighted by Gasteiger charge is 2.15. The maximum Gasteiger partial charge on any atom is 0.220 e. The van der Waals surface area contributed by atoms with Crippen LogP contribution in [-0.4, -0.2) is 31.4 Å². The zero-order valence-corrected chi connectivity index (χ0v) is 15.8. The van der Waals surface area contributed by atoms with Crippen LogP contribution in [0.15, 0.2) is 42.5 Å². The fraction of sp³-hybridized carbons (Fsp3) is 0.333. The monoisotopic (exact) mass is 387 g/mol. The second kappa shape index (κ2) is 9.42. The number of hydrogen-bond donors (Lipinski definition) is 1. The Morgan fingerprint density at radius 1 is 0.963 bits per heavy atom. The number of nitrogens with one attached hydrogen (secondary N) is 1. The molecule has 3 rings (SSSR count). The van der Waals surface area contributed by atoms with E-state index < -0.39 is 0 Å². The summed E-state index contributed by atoms with van der Waals surface area (Å²) < 4.78 is 10.9. The number of halogens is 1. The molecule has 1 aliphatic heterocycles. The Balaban J connectivity index is 1.36. The highest BCUT2D eigenvalue weighted by atomic mass is 35.5. The van der Waals surface area contributed by atoms with Crippen molar-refractivity contribution in [3.8, 4) is 11.5 Å². The van der Waals surface area contributed by atoms with Gasteiger partial charge < -0.3 is 14.8 Å². The molecule has 0 atom stereocenters. The second-order valence-corrected chi connectivity index (χ2v) is 6.80. The summed E-state index contributed by atoms with van der Waals surface area (Å²) in [4.78, 5) is 24.2. The fourth-order valence-electron chi connectivity index (χ4n) is 2.86. The molecule has 1 heterocycles. The molecule has 0 saturated heterocycles. The molecule has 0 aliphatic carbocycles. The number of fused-ring (bicyclic) bond motifs is 1. The van der Waals surface area contributed by atoms with Gasteiger partial charge in [-0.1, -0.05) is 23.7 Å². The SMILES string of the molecule is O=C(CCCC(=O)c1ccc2c(c1)OCCO2)NCCc1ccc(Cl)cc1. The van der Waals surface area contributed by atoms with Gasteiger partial charge in [0.1, 0.15) is 13.2 Å². The lowest BCUT2D eigenvalue weighted by atomic mass is 10.0. The van der Waals surface area contributed by atoms with Crippen molar-refractivity contribution in [1.82, 2.24) is 5.32 Å². The topological polar surface area (TPSA) is 64.6 Å². The van der Waals surface area contributed by atoms with E-state index in [1.165, 1.54) is 0 Å². The summed E-state index contributed by atoms with van der Waals surface area (Å²) in [5.74, 6) is 1.23. The first-order valence-electron chi connectivity index (χ1n) is 9.06. The number of Topliss-reactive ketones (excluding diaryl/α,β-unsaturated/α-hetero) is 1. The van der Waals surface area contributed by atoms with Crippen LogP contribution in [-0.2, 0) is 11.2 Å². The van der Waals surface area contributed by atoms with Crippen LogP contribution in [0, 0.1) is 0 Å². The van der Waals surface area contributed by atoms with Crippen LogP contribution < -0.4 is 14.8 Å². The van der Waals surface area contributed by atoms with E-state index in [1.54, 1.807) is 18.2 Å². The van der Waals surface area contributed by atoms with Crippen LogP contribution in [0.1, 0.15) is 35.2 Å². The summed E-state index contributed by atoms with van der Waals surface area (Å²) >= 11 is 5.85. The summed E-state index contributed by atoms with van der Waals surface area (Å²) in [6.45, 7) is 1.57. The van der Waals surface area contributed by atoms with E-state index in [0.29, 0.717) is 61.1 Å². The number of hydrogen-bond acceptors (Lipinski definition) is 4. The van der Waals surface area contributed by atoms with Crippen molar-refractivity contribution in [3.05, 3.63) is 58.6 Å². The van der Waals surface area contributed by atoms with Gasteiger partial charge in [0.05, 0.1) is 0 Å². The quantitative estimate of drug-likeness (QED) is 0.699. The molecule has 1 amide bonds. The van der Waals surface area contributed by atoms with Crippen LogP contribution in [0.4, 0.5) is 0 Å². The first-order chi connectivity index (χ1) is 13.1. The zero-order chi connectivity index (χ0) is 19.1. The molecule has 0 radical (unpaired) electrons. The first-order valence-corrected chi connectivity index (χ1v) is 9.43. The van der Waals surface area contributed by atoms with Gasteiger partial charge in [0.2, 0.25) is 5.91 Å². The van der Waals surface area contributed by atoms with E-state index in [0.717, 1.165) is 12.0 Å². The van der Waals surface area contributed by atoms with Gasteiger partial charge in [-0.05, 0) is 48.7 Å². The minimum absolute atomic E-state index is 0.000868. The normalized spacial score (nSPS) is 12.5. The third kappa shape index (κ3) is 5.73. The molecular weight excluding hydrogens is 366 g/mol. The Kier molecular flexibility index (Phi) is 6.71. The van der Waals surface area contributed by atoms with Crippen molar-refractivity contribution in [3.63, 3.8) is 0 Å². The molecule has 142 valence electrons. The maximum atomic E-state index is 12.3.